The van der Waals surface area contributed by atoms with E-state index in [1.165, 1.54) is 31.0 Å². The predicted molar refractivity (Wildman–Crippen MR) is 153 cm³/mol. The largest absolute Gasteiger partial charge is 0.494 e. The Hall–Kier alpha value is -2.90. The smallest absolute Gasteiger partial charge is 0.266 e. The highest BCUT2D eigenvalue weighted by atomic mass is 32.2. The van der Waals surface area contributed by atoms with Crippen LogP contribution in [0.4, 0.5) is 0 Å². The summed E-state index contributed by atoms with van der Waals surface area (Å²) in [6.07, 6.45) is 8.60. The number of carbonyl (C=O) groups is 1. The number of rotatable bonds is 11. The fourth-order valence-electron chi connectivity index (χ4n) is 4.02. The number of hydrogen-bond acceptors (Lipinski definition) is 5. The highest BCUT2D eigenvalue weighted by molar-refractivity contribution is 8.26. The highest BCUT2D eigenvalue weighted by Gasteiger charge is 2.32. The quantitative estimate of drug-likeness (QED) is 0.150. The summed E-state index contributed by atoms with van der Waals surface area (Å²) >= 11 is 6.86. The summed E-state index contributed by atoms with van der Waals surface area (Å²) < 4.78 is 8.38. The summed E-state index contributed by atoms with van der Waals surface area (Å²) in [5, 5.41) is 4.89. The number of thiocarbonyl (C=S) groups is 1. The maximum absolute atomic E-state index is 13.1. The fraction of sp³-hybridized carbons (Fsp3) is 0.345. The van der Waals surface area contributed by atoms with E-state index in [2.05, 4.69) is 20.8 Å². The number of thioether (sulfide) groups is 1. The van der Waals surface area contributed by atoms with Gasteiger partial charge >= 0.3 is 0 Å². The first kappa shape index (κ1) is 26.2. The molecule has 36 heavy (non-hydrogen) atoms. The average Bonchev–Trinajstić information content (AvgIpc) is 3.41. The third kappa shape index (κ3) is 6.45. The molecule has 1 amide bonds. The van der Waals surface area contributed by atoms with Crippen molar-refractivity contribution in [1.29, 1.82) is 0 Å². The van der Waals surface area contributed by atoms with E-state index in [1.54, 1.807) is 4.90 Å². The van der Waals surface area contributed by atoms with Crippen LogP contribution >= 0.6 is 24.0 Å². The predicted octanol–water partition coefficient (Wildman–Crippen LogP) is 7.36. The van der Waals surface area contributed by atoms with E-state index in [0.29, 0.717) is 21.7 Å². The van der Waals surface area contributed by atoms with Crippen LogP contribution in [-0.4, -0.2) is 38.1 Å². The van der Waals surface area contributed by atoms with Gasteiger partial charge in [-0.25, -0.2) is 4.68 Å². The third-order valence-electron chi connectivity index (χ3n) is 5.87. The van der Waals surface area contributed by atoms with Crippen LogP contribution in [0.5, 0.6) is 5.75 Å². The van der Waals surface area contributed by atoms with Crippen molar-refractivity contribution in [3.63, 3.8) is 0 Å². The summed E-state index contributed by atoms with van der Waals surface area (Å²) in [5.41, 5.74) is 3.60. The molecule has 1 aliphatic rings. The third-order valence-corrected chi connectivity index (χ3v) is 7.24. The monoisotopic (exact) mass is 519 g/mol. The number of aromatic nitrogens is 2. The lowest BCUT2D eigenvalue weighted by Gasteiger charge is -2.16. The van der Waals surface area contributed by atoms with Crippen molar-refractivity contribution in [2.75, 3.05) is 13.2 Å². The molecule has 7 heteroatoms. The van der Waals surface area contributed by atoms with Gasteiger partial charge in [0.1, 0.15) is 10.1 Å². The molecule has 0 saturated carbocycles. The number of para-hydroxylation sites is 1. The molecule has 1 aliphatic heterocycles. The molecule has 2 heterocycles. The van der Waals surface area contributed by atoms with Crippen LogP contribution in [0.3, 0.4) is 0 Å². The molecular weight excluding hydrogens is 486 g/mol. The number of benzene rings is 2. The van der Waals surface area contributed by atoms with Gasteiger partial charge in [-0.1, -0.05) is 82.2 Å². The second-order valence-electron chi connectivity index (χ2n) is 9.33. The molecule has 1 fully saturated rings. The SMILES string of the molecule is CCCCCCOc1ccc(-c2nn(-c3ccccc3)cc2C=C2SC(=S)N(CC(C)C)C2=O)cc1. The van der Waals surface area contributed by atoms with Gasteiger partial charge in [0.2, 0.25) is 0 Å². The molecular formula is C29H33N3O2S2. The first-order valence-corrected chi connectivity index (χ1v) is 13.8. The first-order valence-electron chi connectivity index (χ1n) is 12.6. The molecule has 0 atom stereocenters. The van der Waals surface area contributed by atoms with Crippen molar-refractivity contribution in [3.8, 4) is 22.7 Å². The zero-order valence-corrected chi connectivity index (χ0v) is 22.8. The number of carbonyl (C=O) groups excluding carboxylic acids is 1. The Morgan fingerprint density at radius 2 is 1.81 bits per heavy atom. The van der Waals surface area contributed by atoms with Crippen LogP contribution < -0.4 is 4.74 Å². The zero-order valence-electron chi connectivity index (χ0n) is 21.1. The van der Waals surface area contributed by atoms with Gasteiger partial charge in [-0.05, 0) is 54.8 Å². The molecule has 0 aliphatic carbocycles. The Morgan fingerprint density at radius 1 is 1.06 bits per heavy atom. The number of nitrogens with zero attached hydrogens (tertiary/aromatic N) is 3. The Morgan fingerprint density at radius 3 is 2.50 bits per heavy atom. The summed E-state index contributed by atoms with van der Waals surface area (Å²) in [4.78, 5) is 15.4. The second-order valence-corrected chi connectivity index (χ2v) is 11.0. The maximum Gasteiger partial charge on any atom is 0.266 e. The standard InChI is InChI=1S/C29H33N3O2S2/c1-4-5-6-10-17-34-25-15-13-22(14-16-25)27-23(20-32(30-27)24-11-8-7-9-12-24)18-26-28(33)31(19-21(2)3)29(35)36-26/h7-9,11-16,18,20-21H,4-6,10,17,19H2,1-3H3. The molecule has 4 rings (SSSR count). The van der Waals surface area contributed by atoms with E-state index in [1.807, 2.05) is 71.6 Å². The number of unbranched alkanes of at least 4 members (excludes halogenated alkanes) is 3. The van der Waals surface area contributed by atoms with Crippen LogP contribution in [0.2, 0.25) is 0 Å². The lowest BCUT2D eigenvalue weighted by Crippen LogP contribution is -2.31. The fourth-order valence-corrected chi connectivity index (χ4v) is 5.29. The molecule has 0 bridgehead atoms. The van der Waals surface area contributed by atoms with Crippen molar-refractivity contribution in [3.05, 3.63) is 71.3 Å². The van der Waals surface area contributed by atoms with E-state index in [-0.39, 0.29) is 5.91 Å². The summed E-state index contributed by atoms with van der Waals surface area (Å²) in [6.45, 7) is 7.73. The minimum atomic E-state index is -0.0380. The Labute approximate surface area is 223 Å². The van der Waals surface area contributed by atoms with Crippen molar-refractivity contribution in [2.45, 2.75) is 46.5 Å². The molecule has 0 radical (unpaired) electrons. The van der Waals surface area contributed by atoms with Gasteiger partial charge in [-0.2, -0.15) is 5.10 Å². The second kappa shape index (κ2) is 12.4. The van der Waals surface area contributed by atoms with Crippen LogP contribution in [0.25, 0.3) is 23.0 Å². The van der Waals surface area contributed by atoms with Gasteiger partial charge in [-0.3, -0.25) is 9.69 Å². The van der Waals surface area contributed by atoms with Crippen molar-refractivity contribution >= 4 is 40.3 Å². The van der Waals surface area contributed by atoms with Crippen LogP contribution in [0, 0.1) is 5.92 Å². The summed E-state index contributed by atoms with van der Waals surface area (Å²) in [5.74, 6) is 1.16. The zero-order chi connectivity index (χ0) is 25.5. The van der Waals surface area contributed by atoms with Crippen molar-refractivity contribution < 1.29 is 9.53 Å². The molecule has 0 N–H and O–H groups in total. The Balaban J connectivity index is 1.62. The van der Waals surface area contributed by atoms with E-state index in [4.69, 9.17) is 22.1 Å². The molecule has 0 spiro atoms. The van der Waals surface area contributed by atoms with E-state index in [0.717, 1.165) is 41.3 Å². The number of amides is 1. The lowest BCUT2D eigenvalue weighted by atomic mass is 10.1. The lowest BCUT2D eigenvalue weighted by molar-refractivity contribution is -0.122. The maximum atomic E-state index is 13.1. The minimum absolute atomic E-state index is 0.0380. The average molecular weight is 520 g/mol. The summed E-state index contributed by atoms with van der Waals surface area (Å²) in [6, 6.07) is 18.0. The topological polar surface area (TPSA) is 47.4 Å². The number of hydrogen-bond donors (Lipinski definition) is 0. The van der Waals surface area contributed by atoms with Crippen LogP contribution in [0.1, 0.15) is 52.0 Å². The molecule has 3 aromatic rings. The Bertz CT molecular complexity index is 1220. The van der Waals surface area contributed by atoms with Gasteiger partial charge in [0.05, 0.1) is 22.9 Å². The minimum Gasteiger partial charge on any atom is -0.494 e. The normalized spacial score (nSPS) is 14.9. The van der Waals surface area contributed by atoms with E-state index >= 15 is 0 Å². The van der Waals surface area contributed by atoms with Gasteiger partial charge in [-0.15, -0.1) is 0 Å². The number of ether oxygens (including phenoxy) is 1. The molecule has 188 valence electrons. The van der Waals surface area contributed by atoms with Gasteiger partial charge in [0.15, 0.2) is 0 Å². The van der Waals surface area contributed by atoms with Crippen molar-refractivity contribution in [2.24, 2.45) is 5.92 Å². The first-order chi connectivity index (χ1) is 17.5. The van der Waals surface area contributed by atoms with E-state index < -0.39 is 0 Å². The highest BCUT2D eigenvalue weighted by Crippen LogP contribution is 2.35. The van der Waals surface area contributed by atoms with Gasteiger partial charge < -0.3 is 4.74 Å². The molecule has 1 saturated heterocycles. The Kier molecular flexibility index (Phi) is 8.99. The van der Waals surface area contributed by atoms with E-state index in [9.17, 15) is 4.79 Å². The molecule has 0 unspecified atom stereocenters. The van der Waals surface area contributed by atoms with Gasteiger partial charge in [0, 0.05) is 23.9 Å². The molecule has 5 nitrogen and oxygen atoms in total. The van der Waals surface area contributed by atoms with Gasteiger partial charge in [0.25, 0.3) is 5.91 Å². The molecule has 2 aromatic carbocycles. The molecule has 1 aromatic heterocycles. The summed E-state index contributed by atoms with van der Waals surface area (Å²) in [7, 11) is 0. The van der Waals surface area contributed by atoms with Crippen LogP contribution in [-0.2, 0) is 4.79 Å². The van der Waals surface area contributed by atoms with Crippen molar-refractivity contribution in [1.82, 2.24) is 14.7 Å². The van der Waals surface area contributed by atoms with Crippen LogP contribution in [0.15, 0.2) is 65.7 Å².